The lowest BCUT2D eigenvalue weighted by Crippen LogP contribution is -2.69. The van der Waals surface area contributed by atoms with Gasteiger partial charge in [-0.2, -0.15) is 13.2 Å². The third-order valence-electron chi connectivity index (χ3n) is 4.46. The number of carboxylic acids is 1. The number of benzene rings is 1. The van der Waals surface area contributed by atoms with Crippen LogP contribution in [0.4, 0.5) is 18.9 Å². The maximum atomic E-state index is 12.2. The summed E-state index contributed by atoms with van der Waals surface area (Å²) in [4.78, 5) is 23.2. The van der Waals surface area contributed by atoms with Crippen molar-refractivity contribution in [1.82, 2.24) is 0 Å². The molecular weight excluding hydrogens is 315 g/mol. The van der Waals surface area contributed by atoms with Gasteiger partial charge in [-0.1, -0.05) is 6.07 Å². The zero-order valence-corrected chi connectivity index (χ0v) is 11.9. The van der Waals surface area contributed by atoms with Gasteiger partial charge in [0.2, 0.25) is 5.91 Å². The van der Waals surface area contributed by atoms with Gasteiger partial charge in [0.25, 0.3) is 0 Å². The molecule has 2 N–H and O–H groups in total. The molecule has 1 aromatic carbocycles. The lowest BCUT2D eigenvalue weighted by Gasteiger charge is -2.66. The first-order chi connectivity index (χ1) is 10.6. The van der Waals surface area contributed by atoms with Crippen LogP contribution in [0.5, 0.6) is 5.75 Å². The van der Waals surface area contributed by atoms with Crippen molar-refractivity contribution in [3.63, 3.8) is 0 Å². The zero-order chi connectivity index (χ0) is 16.9. The molecule has 0 unspecified atom stereocenters. The average molecular weight is 329 g/mol. The molecule has 0 radical (unpaired) electrons. The second kappa shape index (κ2) is 4.87. The van der Waals surface area contributed by atoms with E-state index in [0.717, 1.165) is 0 Å². The van der Waals surface area contributed by atoms with Gasteiger partial charge < -0.3 is 15.2 Å². The van der Waals surface area contributed by atoms with E-state index in [-0.39, 0.29) is 11.7 Å². The fraction of sp³-hybridized carbons (Fsp3) is 0.467. The number of ether oxygens (including phenoxy) is 1. The van der Waals surface area contributed by atoms with Crippen LogP contribution in [-0.2, 0) is 9.59 Å². The van der Waals surface area contributed by atoms with Crippen LogP contribution in [0.2, 0.25) is 0 Å². The normalized spacial score (nSPS) is 28.3. The molecule has 1 aromatic rings. The highest BCUT2D eigenvalue weighted by Crippen LogP contribution is 2.73. The third kappa shape index (κ3) is 2.73. The Hall–Kier alpha value is -2.25. The summed E-state index contributed by atoms with van der Waals surface area (Å²) in [5.74, 6) is -1.18. The highest BCUT2D eigenvalue weighted by molar-refractivity contribution is 6.01. The number of rotatable bonds is 5. The predicted octanol–water partition coefficient (Wildman–Crippen LogP) is 2.82. The first kappa shape index (κ1) is 15.6. The van der Waals surface area contributed by atoms with Gasteiger partial charge in [0.1, 0.15) is 5.75 Å². The molecule has 0 aliphatic heterocycles. The van der Waals surface area contributed by atoms with E-state index < -0.39 is 29.6 Å². The van der Waals surface area contributed by atoms with Gasteiger partial charge in [0, 0.05) is 11.8 Å². The summed E-state index contributed by atoms with van der Waals surface area (Å²) in [5, 5.41) is 11.7. The minimum atomic E-state index is -4.43. The molecular formula is C15H14F3NO4. The number of aliphatic carboxylic acids is 1. The highest BCUT2D eigenvalue weighted by atomic mass is 19.4. The second-order valence-electron chi connectivity index (χ2n) is 6.28. The van der Waals surface area contributed by atoms with Crippen LogP contribution >= 0.6 is 0 Å². The van der Waals surface area contributed by atoms with E-state index in [4.69, 9.17) is 5.11 Å². The molecule has 3 aliphatic rings. The molecule has 0 atom stereocenters. The molecule has 0 saturated heterocycles. The Morgan fingerprint density at radius 1 is 1.22 bits per heavy atom. The standard InChI is InChI=1S/C15H14F3NO4/c16-15(17,18)8-23-10-3-1-2-9(4-10)19-11(20)13-5-14(6-13,7-13)12(21)22/h1-4H,5-8H2,(H,19,20)(H,21,22). The minimum Gasteiger partial charge on any atom is -0.484 e. The molecule has 3 saturated carbocycles. The molecule has 4 rings (SSSR count). The topological polar surface area (TPSA) is 75.6 Å². The quantitative estimate of drug-likeness (QED) is 0.871. The number of amides is 1. The first-order valence-electron chi connectivity index (χ1n) is 6.99. The predicted molar refractivity (Wildman–Crippen MR) is 73.0 cm³/mol. The Balaban J connectivity index is 1.59. The van der Waals surface area contributed by atoms with Crippen LogP contribution in [0.25, 0.3) is 0 Å². The van der Waals surface area contributed by atoms with E-state index in [1.807, 2.05) is 0 Å². The summed E-state index contributed by atoms with van der Waals surface area (Å²) in [6.07, 6.45) is -3.50. The summed E-state index contributed by atoms with van der Waals surface area (Å²) in [6.45, 7) is -1.41. The van der Waals surface area contributed by atoms with Crippen molar-refractivity contribution in [2.24, 2.45) is 10.8 Å². The van der Waals surface area contributed by atoms with Crippen molar-refractivity contribution in [3.05, 3.63) is 24.3 Å². The summed E-state index contributed by atoms with van der Waals surface area (Å²) in [5.41, 5.74) is -1.08. The Kier molecular flexibility index (Phi) is 3.31. The van der Waals surface area contributed by atoms with Gasteiger partial charge in [-0.05, 0) is 31.4 Å². The van der Waals surface area contributed by atoms with Gasteiger partial charge in [-0.15, -0.1) is 0 Å². The molecule has 2 bridgehead atoms. The van der Waals surface area contributed by atoms with E-state index in [0.29, 0.717) is 24.9 Å². The Bertz CT molecular complexity index is 651. The maximum Gasteiger partial charge on any atom is 0.422 e. The number of carboxylic acid groups (broad SMARTS) is 1. The number of carbonyl (C=O) groups excluding carboxylic acids is 1. The van der Waals surface area contributed by atoms with Gasteiger partial charge in [0.15, 0.2) is 6.61 Å². The SMILES string of the molecule is O=C(O)C12CC(C(=O)Nc3cccc(OCC(F)(F)F)c3)(C1)C2. The Labute approximate surface area is 129 Å². The molecule has 23 heavy (non-hydrogen) atoms. The summed E-state index contributed by atoms with van der Waals surface area (Å²) < 4.78 is 41.0. The van der Waals surface area contributed by atoms with Crippen molar-refractivity contribution in [1.29, 1.82) is 0 Å². The average Bonchev–Trinajstić information content (AvgIpc) is 2.32. The van der Waals surface area contributed by atoms with Crippen LogP contribution in [0.3, 0.4) is 0 Å². The van der Waals surface area contributed by atoms with Crippen LogP contribution in [0.15, 0.2) is 24.3 Å². The van der Waals surface area contributed by atoms with Crippen molar-refractivity contribution < 1.29 is 32.6 Å². The van der Waals surface area contributed by atoms with Crippen LogP contribution in [0, 0.1) is 10.8 Å². The molecule has 124 valence electrons. The first-order valence-corrected chi connectivity index (χ1v) is 6.99. The molecule has 1 amide bonds. The molecule has 5 nitrogen and oxygen atoms in total. The van der Waals surface area contributed by atoms with E-state index in [2.05, 4.69) is 10.1 Å². The highest BCUT2D eigenvalue weighted by Gasteiger charge is 2.75. The van der Waals surface area contributed by atoms with Gasteiger partial charge >= 0.3 is 12.1 Å². The summed E-state index contributed by atoms with van der Waals surface area (Å²) >= 11 is 0. The van der Waals surface area contributed by atoms with Crippen molar-refractivity contribution in [2.75, 3.05) is 11.9 Å². The van der Waals surface area contributed by atoms with Crippen molar-refractivity contribution in [3.8, 4) is 5.75 Å². The number of hydrogen-bond acceptors (Lipinski definition) is 3. The van der Waals surface area contributed by atoms with E-state index in [9.17, 15) is 22.8 Å². The van der Waals surface area contributed by atoms with E-state index in [1.165, 1.54) is 24.3 Å². The number of hydrogen-bond donors (Lipinski definition) is 2. The monoisotopic (exact) mass is 329 g/mol. The number of carbonyl (C=O) groups is 2. The third-order valence-corrected chi connectivity index (χ3v) is 4.46. The fourth-order valence-corrected chi connectivity index (χ4v) is 3.35. The van der Waals surface area contributed by atoms with Crippen LogP contribution < -0.4 is 10.1 Å². The maximum absolute atomic E-state index is 12.2. The molecule has 3 aliphatic carbocycles. The largest absolute Gasteiger partial charge is 0.484 e. The number of anilines is 1. The minimum absolute atomic E-state index is 0.000253. The van der Waals surface area contributed by atoms with Crippen LogP contribution in [-0.4, -0.2) is 29.8 Å². The smallest absolute Gasteiger partial charge is 0.422 e. The van der Waals surface area contributed by atoms with E-state index in [1.54, 1.807) is 0 Å². The molecule has 8 heteroatoms. The molecule has 0 aromatic heterocycles. The summed E-state index contributed by atoms with van der Waals surface area (Å²) in [6, 6.07) is 5.68. The van der Waals surface area contributed by atoms with Gasteiger partial charge in [0.05, 0.1) is 10.8 Å². The second-order valence-corrected chi connectivity index (χ2v) is 6.28. The Morgan fingerprint density at radius 2 is 1.87 bits per heavy atom. The van der Waals surface area contributed by atoms with E-state index >= 15 is 0 Å². The number of halogens is 3. The number of alkyl halides is 3. The number of nitrogens with one attached hydrogen (secondary N) is 1. The Morgan fingerprint density at radius 3 is 2.43 bits per heavy atom. The van der Waals surface area contributed by atoms with Crippen molar-refractivity contribution >= 4 is 17.6 Å². The lowest BCUT2D eigenvalue weighted by molar-refractivity contribution is -0.217. The lowest BCUT2D eigenvalue weighted by atomic mass is 9.35. The fourth-order valence-electron chi connectivity index (χ4n) is 3.35. The molecule has 0 heterocycles. The summed E-state index contributed by atoms with van der Waals surface area (Å²) in [7, 11) is 0. The van der Waals surface area contributed by atoms with Gasteiger partial charge in [-0.25, -0.2) is 0 Å². The molecule has 3 fully saturated rings. The molecule has 0 spiro atoms. The van der Waals surface area contributed by atoms with Crippen LogP contribution in [0.1, 0.15) is 19.3 Å². The van der Waals surface area contributed by atoms with Crippen molar-refractivity contribution in [2.45, 2.75) is 25.4 Å². The van der Waals surface area contributed by atoms with Gasteiger partial charge in [-0.3, -0.25) is 9.59 Å². The zero-order valence-electron chi connectivity index (χ0n) is 11.9.